The molecule has 1 fully saturated rings. The molecule has 1 N–H and O–H groups in total. The summed E-state index contributed by atoms with van der Waals surface area (Å²) < 4.78 is 28.0. The molecule has 8 heteroatoms. The van der Waals surface area contributed by atoms with E-state index in [4.69, 9.17) is 0 Å². The lowest BCUT2D eigenvalue weighted by atomic mass is 10.0. The van der Waals surface area contributed by atoms with Crippen LogP contribution < -0.4 is 5.32 Å². The van der Waals surface area contributed by atoms with E-state index in [-0.39, 0.29) is 16.8 Å². The van der Waals surface area contributed by atoms with Gasteiger partial charge in [0.25, 0.3) is 5.91 Å². The van der Waals surface area contributed by atoms with Crippen molar-refractivity contribution >= 4 is 43.2 Å². The van der Waals surface area contributed by atoms with Crippen LogP contribution in [0.5, 0.6) is 0 Å². The number of sulfonamides is 1. The van der Waals surface area contributed by atoms with Gasteiger partial charge in [0.15, 0.2) is 5.13 Å². The molecule has 0 bridgehead atoms. The molecule has 3 aromatic carbocycles. The van der Waals surface area contributed by atoms with Gasteiger partial charge in [-0.05, 0) is 54.3 Å². The topological polar surface area (TPSA) is 79.4 Å². The van der Waals surface area contributed by atoms with E-state index in [1.807, 2.05) is 36.6 Å². The van der Waals surface area contributed by atoms with E-state index in [9.17, 15) is 13.2 Å². The molecular weight excluding hydrogens is 478 g/mol. The second-order valence-electron chi connectivity index (χ2n) is 8.72. The Bertz CT molecular complexity index is 1460. The van der Waals surface area contributed by atoms with Gasteiger partial charge in [-0.3, -0.25) is 10.1 Å². The Hall–Kier alpha value is -3.07. The first kappa shape index (κ1) is 23.7. The monoisotopic (exact) mass is 505 g/mol. The highest BCUT2D eigenvalue weighted by molar-refractivity contribution is 7.89. The molecule has 0 spiro atoms. The second-order valence-corrected chi connectivity index (χ2v) is 11.5. The molecule has 1 saturated heterocycles. The summed E-state index contributed by atoms with van der Waals surface area (Å²) in [7, 11) is -3.58. The number of hydrogen-bond acceptors (Lipinski definition) is 5. The Labute approximate surface area is 209 Å². The van der Waals surface area contributed by atoms with Gasteiger partial charge >= 0.3 is 0 Å². The van der Waals surface area contributed by atoms with Gasteiger partial charge in [0.05, 0.1) is 10.6 Å². The highest BCUT2D eigenvalue weighted by Crippen LogP contribution is 2.31. The highest BCUT2D eigenvalue weighted by Gasteiger charge is 2.32. The minimum absolute atomic E-state index is 0.0394. The Morgan fingerprint density at radius 2 is 1.83 bits per heavy atom. The van der Waals surface area contributed by atoms with Crippen LogP contribution in [0, 0.1) is 0 Å². The molecule has 1 aromatic heterocycles. The number of thiazole rings is 1. The van der Waals surface area contributed by atoms with E-state index in [1.54, 1.807) is 16.4 Å². The number of amides is 1. The number of anilines is 1. The van der Waals surface area contributed by atoms with Crippen molar-refractivity contribution in [3.8, 4) is 11.3 Å². The standard InChI is InChI=1S/C27H27N3O3S2/c1-2-21-10-5-6-17-30(21)35(32,33)22-15-13-20(14-16-22)26(31)29-27-28-25(18-34-27)24-12-7-9-19-8-3-4-11-23(19)24/h3-4,7-9,11-16,18,21H,2,5-6,10,17H2,1H3,(H,28,29,31). The molecule has 0 radical (unpaired) electrons. The SMILES string of the molecule is CCC1CCCCN1S(=O)(=O)c1ccc(C(=O)Nc2nc(-c3cccc4ccccc34)cs2)cc1. The third-order valence-corrected chi connectivity index (χ3v) is 9.28. The van der Waals surface area contributed by atoms with Crippen molar-refractivity contribution in [3.05, 3.63) is 77.7 Å². The number of rotatable bonds is 6. The molecule has 1 unspecified atom stereocenters. The number of nitrogens with zero attached hydrogens (tertiary/aromatic N) is 2. The predicted octanol–water partition coefficient (Wildman–Crippen LogP) is 6.17. The zero-order chi connectivity index (χ0) is 24.4. The maximum Gasteiger partial charge on any atom is 0.257 e. The molecule has 5 rings (SSSR count). The zero-order valence-electron chi connectivity index (χ0n) is 19.5. The van der Waals surface area contributed by atoms with Crippen LogP contribution in [-0.4, -0.2) is 36.2 Å². The first-order valence-electron chi connectivity index (χ1n) is 11.8. The molecular formula is C27H27N3O3S2. The van der Waals surface area contributed by atoms with Crippen molar-refractivity contribution in [2.24, 2.45) is 0 Å². The predicted molar refractivity (Wildman–Crippen MR) is 141 cm³/mol. The average Bonchev–Trinajstić information content (AvgIpc) is 3.36. The first-order chi connectivity index (χ1) is 17.0. The fourth-order valence-corrected chi connectivity index (χ4v) is 7.16. The molecule has 0 aliphatic carbocycles. The van der Waals surface area contributed by atoms with E-state index in [1.165, 1.54) is 23.5 Å². The van der Waals surface area contributed by atoms with Crippen molar-refractivity contribution in [2.75, 3.05) is 11.9 Å². The molecule has 1 aliphatic rings. The highest BCUT2D eigenvalue weighted by atomic mass is 32.2. The number of carbonyl (C=O) groups is 1. The van der Waals surface area contributed by atoms with Gasteiger partial charge in [0, 0.05) is 29.1 Å². The van der Waals surface area contributed by atoms with Gasteiger partial charge in [-0.2, -0.15) is 4.31 Å². The number of hydrogen-bond donors (Lipinski definition) is 1. The fourth-order valence-electron chi connectivity index (χ4n) is 4.68. The van der Waals surface area contributed by atoms with Gasteiger partial charge < -0.3 is 0 Å². The third-order valence-electron chi connectivity index (χ3n) is 6.56. The van der Waals surface area contributed by atoms with Crippen molar-refractivity contribution in [2.45, 2.75) is 43.5 Å². The van der Waals surface area contributed by atoms with Crippen LogP contribution in [0.15, 0.2) is 77.0 Å². The van der Waals surface area contributed by atoms with Crippen molar-refractivity contribution in [1.29, 1.82) is 0 Å². The lowest BCUT2D eigenvalue weighted by molar-refractivity contribution is 0.102. The first-order valence-corrected chi connectivity index (χ1v) is 14.2. The molecule has 4 aromatic rings. The number of piperidine rings is 1. The Kier molecular flexibility index (Phi) is 6.69. The van der Waals surface area contributed by atoms with Gasteiger partial charge in [-0.25, -0.2) is 13.4 Å². The number of fused-ring (bicyclic) bond motifs is 1. The molecule has 1 atom stereocenters. The lowest BCUT2D eigenvalue weighted by Gasteiger charge is -2.34. The smallest absolute Gasteiger partial charge is 0.257 e. The molecule has 2 heterocycles. The van der Waals surface area contributed by atoms with Crippen LogP contribution in [0.25, 0.3) is 22.0 Å². The van der Waals surface area contributed by atoms with E-state index >= 15 is 0 Å². The van der Waals surface area contributed by atoms with Crippen LogP contribution in [-0.2, 0) is 10.0 Å². The summed E-state index contributed by atoms with van der Waals surface area (Å²) in [5, 5.41) is 7.50. The molecule has 1 amide bonds. The van der Waals surface area contributed by atoms with Crippen LogP contribution >= 0.6 is 11.3 Å². The van der Waals surface area contributed by atoms with Gasteiger partial charge in [0.2, 0.25) is 10.0 Å². The zero-order valence-corrected chi connectivity index (χ0v) is 21.1. The maximum absolute atomic E-state index is 13.2. The summed E-state index contributed by atoms with van der Waals surface area (Å²) in [6.07, 6.45) is 3.63. The number of carbonyl (C=O) groups excluding carboxylic acids is 1. The fraction of sp³-hybridized carbons (Fsp3) is 0.259. The average molecular weight is 506 g/mol. The quantitative estimate of drug-likeness (QED) is 0.340. The van der Waals surface area contributed by atoms with Crippen molar-refractivity contribution in [3.63, 3.8) is 0 Å². The minimum Gasteiger partial charge on any atom is -0.298 e. The summed E-state index contributed by atoms with van der Waals surface area (Å²) in [6, 6.07) is 20.4. The number of aromatic nitrogens is 1. The van der Waals surface area contributed by atoms with E-state index in [0.717, 1.165) is 47.7 Å². The molecule has 35 heavy (non-hydrogen) atoms. The van der Waals surface area contributed by atoms with E-state index in [2.05, 4.69) is 28.5 Å². The van der Waals surface area contributed by atoms with Crippen molar-refractivity contribution in [1.82, 2.24) is 9.29 Å². The van der Waals surface area contributed by atoms with Gasteiger partial charge in [-0.1, -0.05) is 55.8 Å². The van der Waals surface area contributed by atoms with Crippen LogP contribution in [0.1, 0.15) is 43.0 Å². The maximum atomic E-state index is 13.2. The largest absolute Gasteiger partial charge is 0.298 e. The van der Waals surface area contributed by atoms with Crippen molar-refractivity contribution < 1.29 is 13.2 Å². The minimum atomic E-state index is -3.58. The second kappa shape index (κ2) is 9.89. The number of nitrogens with one attached hydrogen (secondary N) is 1. The summed E-state index contributed by atoms with van der Waals surface area (Å²) >= 11 is 1.36. The van der Waals surface area contributed by atoms with E-state index in [0.29, 0.717) is 17.2 Å². The van der Waals surface area contributed by atoms with Crippen LogP contribution in [0.3, 0.4) is 0 Å². The van der Waals surface area contributed by atoms with Crippen LogP contribution in [0.2, 0.25) is 0 Å². The van der Waals surface area contributed by atoms with Gasteiger partial charge in [0.1, 0.15) is 0 Å². The Morgan fingerprint density at radius 1 is 1.06 bits per heavy atom. The molecule has 1 aliphatic heterocycles. The summed E-state index contributed by atoms with van der Waals surface area (Å²) in [5.41, 5.74) is 2.20. The summed E-state index contributed by atoms with van der Waals surface area (Å²) in [4.78, 5) is 17.7. The number of benzene rings is 3. The summed E-state index contributed by atoms with van der Waals surface area (Å²) in [5.74, 6) is -0.322. The molecule has 180 valence electrons. The molecule has 0 saturated carbocycles. The van der Waals surface area contributed by atoms with E-state index < -0.39 is 10.0 Å². The lowest BCUT2D eigenvalue weighted by Crippen LogP contribution is -2.43. The summed E-state index contributed by atoms with van der Waals surface area (Å²) in [6.45, 7) is 2.57. The third kappa shape index (κ3) is 4.74. The van der Waals surface area contributed by atoms with Gasteiger partial charge in [-0.15, -0.1) is 11.3 Å². The Balaban J connectivity index is 1.32. The normalized spacial score (nSPS) is 16.9. The van der Waals surface area contributed by atoms with Crippen LogP contribution in [0.4, 0.5) is 5.13 Å². The molecule has 6 nitrogen and oxygen atoms in total. The Morgan fingerprint density at radius 3 is 2.63 bits per heavy atom.